The summed E-state index contributed by atoms with van der Waals surface area (Å²) in [5.41, 5.74) is 1.90. The second kappa shape index (κ2) is 9.62. The van der Waals surface area contributed by atoms with Crippen LogP contribution in [0.2, 0.25) is 0 Å². The van der Waals surface area contributed by atoms with E-state index >= 15 is 0 Å². The summed E-state index contributed by atoms with van der Waals surface area (Å²) in [6.07, 6.45) is 2.06. The smallest absolute Gasteiger partial charge is 0.288 e. The van der Waals surface area contributed by atoms with Crippen molar-refractivity contribution in [1.29, 1.82) is 0 Å². The van der Waals surface area contributed by atoms with Gasteiger partial charge in [0.25, 0.3) is 11.5 Å². The molecule has 1 saturated carbocycles. The number of benzene rings is 2. The van der Waals surface area contributed by atoms with Crippen molar-refractivity contribution in [3.8, 4) is 0 Å². The Bertz CT molecular complexity index is 1200. The van der Waals surface area contributed by atoms with Crippen LogP contribution in [0.4, 0.5) is 20.3 Å². The van der Waals surface area contributed by atoms with Crippen LogP contribution in [0.1, 0.15) is 28.8 Å². The molecule has 4 rings (SSSR count). The molecule has 0 radical (unpaired) electrons. The SMILES string of the molecule is O=C(NOCC1CC1)c1cc(F)c(=O)n(Cc2ccccc2)c1Nc1ccc(Br)cc1F. The van der Waals surface area contributed by atoms with Gasteiger partial charge in [0.1, 0.15) is 11.6 Å². The number of carbonyl (C=O) groups is 1. The van der Waals surface area contributed by atoms with Gasteiger partial charge in [-0.2, -0.15) is 0 Å². The van der Waals surface area contributed by atoms with Crippen LogP contribution in [0.3, 0.4) is 0 Å². The second-order valence-corrected chi connectivity index (χ2v) is 8.48. The predicted molar refractivity (Wildman–Crippen MR) is 120 cm³/mol. The van der Waals surface area contributed by atoms with Crippen LogP contribution in [-0.4, -0.2) is 17.1 Å². The summed E-state index contributed by atoms with van der Waals surface area (Å²) in [6, 6.07) is 14.0. The average molecular weight is 504 g/mol. The third-order valence-corrected chi connectivity index (χ3v) is 5.53. The van der Waals surface area contributed by atoms with Crippen LogP contribution in [0.15, 0.2) is 63.9 Å². The fourth-order valence-electron chi connectivity index (χ4n) is 3.14. The Morgan fingerprint density at radius 1 is 1.09 bits per heavy atom. The lowest BCUT2D eigenvalue weighted by molar-refractivity contribution is 0.0270. The molecular weight excluding hydrogens is 484 g/mol. The predicted octanol–water partition coefficient (Wildman–Crippen LogP) is 4.75. The van der Waals surface area contributed by atoms with Crippen LogP contribution < -0.4 is 16.4 Å². The van der Waals surface area contributed by atoms with E-state index in [1.54, 1.807) is 30.3 Å². The lowest BCUT2D eigenvalue weighted by atomic mass is 10.2. The Kier molecular flexibility index (Phi) is 6.66. The van der Waals surface area contributed by atoms with Crippen molar-refractivity contribution >= 4 is 33.3 Å². The van der Waals surface area contributed by atoms with E-state index in [1.165, 1.54) is 12.1 Å². The van der Waals surface area contributed by atoms with Gasteiger partial charge in [-0.3, -0.25) is 19.0 Å². The summed E-state index contributed by atoms with van der Waals surface area (Å²) in [7, 11) is 0. The van der Waals surface area contributed by atoms with Crippen molar-refractivity contribution in [3.05, 3.63) is 92.2 Å². The highest BCUT2D eigenvalue weighted by Gasteiger charge is 2.24. The van der Waals surface area contributed by atoms with Crippen molar-refractivity contribution in [3.63, 3.8) is 0 Å². The standard InChI is InChI=1S/C23H20BrF2N3O3/c24-16-8-9-20(18(25)10-16)27-21-17(22(30)28-32-13-15-6-7-15)11-19(26)23(31)29(21)12-14-4-2-1-3-5-14/h1-5,8-11,15,27H,6-7,12-13H2,(H,28,30). The number of pyridine rings is 1. The average Bonchev–Trinajstić information content (AvgIpc) is 3.60. The summed E-state index contributed by atoms with van der Waals surface area (Å²) < 4.78 is 30.7. The number of hydrogen-bond donors (Lipinski definition) is 2. The molecule has 9 heteroatoms. The first-order chi connectivity index (χ1) is 15.4. The Balaban J connectivity index is 1.76. The third kappa shape index (κ3) is 5.23. The first kappa shape index (κ1) is 22.2. The van der Waals surface area contributed by atoms with E-state index in [2.05, 4.69) is 26.7 Å². The van der Waals surface area contributed by atoms with Gasteiger partial charge in [0.05, 0.1) is 24.4 Å². The number of hydroxylamine groups is 1. The Labute approximate surface area is 191 Å². The maximum absolute atomic E-state index is 14.6. The van der Waals surface area contributed by atoms with Crippen LogP contribution in [0.5, 0.6) is 0 Å². The van der Waals surface area contributed by atoms with E-state index in [1.807, 2.05) is 6.07 Å². The molecule has 1 aliphatic rings. The van der Waals surface area contributed by atoms with Gasteiger partial charge in [-0.25, -0.2) is 14.3 Å². The number of rotatable bonds is 8. The molecule has 0 aliphatic heterocycles. The number of anilines is 2. The topological polar surface area (TPSA) is 72.4 Å². The van der Waals surface area contributed by atoms with Crippen molar-refractivity contribution in [1.82, 2.24) is 10.0 Å². The number of carbonyl (C=O) groups excluding carboxylic acids is 1. The minimum absolute atomic E-state index is 0.0222. The van der Waals surface area contributed by atoms with Gasteiger partial charge in [-0.05, 0) is 48.6 Å². The molecule has 1 aliphatic carbocycles. The van der Waals surface area contributed by atoms with E-state index in [0.29, 0.717) is 22.6 Å². The minimum Gasteiger partial charge on any atom is -0.338 e. The summed E-state index contributed by atoms with van der Waals surface area (Å²) in [6.45, 7) is 0.323. The van der Waals surface area contributed by atoms with Crippen LogP contribution in [0.25, 0.3) is 0 Å². The molecule has 1 fully saturated rings. The minimum atomic E-state index is -1.10. The molecule has 0 saturated heterocycles. The molecule has 2 aromatic carbocycles. The Morgan fingerprint density at radius 2 is 1.84 bits per heavy atom. The van der Waals surface area contributed by atoms with Crippen molar-refractivity contribution in [2.45, 2.75) is 19.4 Å². The van der Waals surface area contributed by atoms with Gasteiger partial charge < -0.3 is 5.32 Å². The van der Waals surface area contributed by atoms with Crippen molar-refractivity contribution in [2.24, 2.45) is 5.92 Å². The highest BCUT2D eigenvalue weighted by molar-refractivity contribution is 9.10. The molecule has 1 aromatic heterocycles. The molecule has 32 heavy (non-hydrogen) atoms. The molecule has 0 unspecified atom stereocenters. The van der Waals surface area contributed by atoms with Gasteiger partial charge in [0.15, 0.2) is 5.82 Å². The molecule has 166 valence electrons. The Morgan fingerprint density at radius 3 is 2.53 bits per heavy atom. The van der Waals surface area contributed by atoms with Gasteiger partial charge in [-0.1, -0.05) is 46.3 Å². The van der Waals surface area contributed by atoms with Gasteiger partial charge in [0.2, 0.25) is 0 Å². The molecule has 2 N–H and O–H groups in total. The monoisotopic (exact) mass is 503 g/mol. The fourth-order valence-corrected chi connectivity index (χ4v) is 3.47. The van der Waals surface area contributed by atoms with Gasteiger partial charge >= 0.3 is 0 Å². The molecule has 6 nitrogen and oxygen atoms in total. The highest BCUT2D eigenvalue weighted by Crippen LogP contribution is 2.29. The zero-order chi connectivity index (χ0) is 22.7. The quantitative estimate of drug-likeness (QED) is 0.435. The number of amides is 1. The van der Waals surface area contributed by atoms with Crippen LogP contribution in [-0.2, 0) is 11.4 Å². The van der Waals surface area contributed by atoms with E-state index in [9.17, 15) is 18.4 Å². The number of nitrogens with one attached hydrogen (secondary N) is 2. The molecule has 0 spiro atoms. The van der Waals surface area contributed by atoms with E-state index in [0.717, 1.165) is 23.5 Å². The summed E-state index contributed by atoms with van der Waals surface area (Å²) >= 11 is 3.19. The molecule has 0 bridgehead atoms. The van der Waals surface area contributed by atoms with Crippen LogP contribution in [0, 0.1) is 17.6 Å². The lowest BCUT2D eigenvalue weighted by Gasteiger charge is -2.19. The van der Waals surface area contributed by atoms with E-state index < -0.39 is 23.1 Å². The third-order valence-electron chi connectivity index (χ3n) is 5.04. The lowest BCUT2D eigenvalue weighted by Crippen LogP contribution is -2.32. The molecular formula is C23H20BrF2N3O3. The van der Waals surface area contributed by atoms with Crippen molar-refractivity contribution < 1.29 is 18.4 Å². The number of halogens is 3. The molecule has 1 heterocycles. The largest absolute Gasteiger partial charge is 0.338 e. The maximum atomic E-state index is 14.6. The number of nitrogens with zero attached hydrogens (tertiary/aromatic N) is 1. The number of hydrogen-bond acceptors (Lipinski definition) is 4. The first-order valence-electron chi connectivity index (χ1n) is 10.0. The summed E-state index contributed by atoms with van der Waals surface area (Å²) in [5, 5.41) is 2.80. The first-order valence-corrected chi connectivity index (χ1v) is 10.8. The molecule has 1 amide bonds. The number of aromatic nitrogens is 1. The maximum Gasteiger partial charge on any atom is 0.288 e. The molecule has 3 aromatic rings. The second-order valence-electron chi connectivity index (χ2n) is 7.57. The van der Waals surface area contributed by atoms with Crippen LogP contribution >= 0.6 is 15.9 Å². The summed E-state index contributed by atoms with van der Waals surface area (Å²) in [4.78, 5) is 30.7. The van der Waals surface area contributed by atoms with Gasteiger partial charge in [0, 0.05) is 4.47 Å². The van der Waals surface area contributed by atoms with Gasteiger partial charge in [-0.15, -0.1) is 0 Å². The van der Waals surface area contributed by atoms with E-state index in [-0.39, 0.29) is 23.6 Å². The summed E-state index contributed by atoms with van der Waals surface area (Å²) in [5.74, 6) is -2.11. The van der Waals surface area contributed by atoms with Crippen molar-refractivity contribution in [2.75, 3.05) is 11.9 Å². The zero-order valence-electron chi connectivity index (χ0n) is 16.9. The zero-order valence-corrected chi connectivity index (χ0v) is 18.5. The highest BCUT2D eigenvalue weighted by atomic mass is 79.9. The van der Waals surface area contributed by atoms with E-state index in [4.69, 9.17) is 4.84 Å². The normalized spacial score (nSPS) is 13.1. The Hall–Kier alpha value is -3.04. The molecule has 0 atom stereocenters. The fraction of sp³-hybridized carbons (Fsp3) is 0.217.